The molecule has 3 aromatic rings. The van der Waals surface area contributed by atoms with E-state index in [2.05, 4.69) is 19.2 Å². The molecular weight excluding hydrogens is 500 g/mol. The molecule has 0 bridgehead atoms. The minimum Gasteiger partial charge on any atom is -0.497 e. The van der Waals surface area contributed by atoms with E-state index in [0.717, 1.165) is 11.3 Å². The first-order chi connectivity index (χ1) is 17.2. The zero-order valence-electron chi connectivity index (χ0n) is 20.3. The first kappa shape index (κ1) is 25.9. The molecule has 9 heteroatoms. The van der Waals surface area contributed by atoms with Gasteiger partial charge in [-0.25, -0.2) is 8.42 Å². The Balaban J connectivity index is 1.62. The number of hydrogen-bond donors (Lipinski definition) is 1. The van der Waals surface area contributed by atoms with Gasteiger partial charge in [0.2, 0.25) is 0 Å². The fourth-order valence-corrected chi connectivity index (χ4v) is 5.75. The Hall–Kier alpha value is -3.23. The minimum atomic E-state index is -3.97. The standard InChI is InChI=1S/C27H29ClN2O5S/c1-18(2)16-23(19-8-12-21(34-3)13-9-19)29-27(31)26-17-30(24-6-4-5-7-25(24)35-26)36(32,33)22-14-10-20(28)11-15-22/h4-15,18,23,26H,16-17H2,1-3H3,(H,29,31). The molecule has 1 heterocycles. The van der Waals surface area contributed by atoms with Gasteiger partial charge in [-0.05, 0) is 66.4 Å². The minimum absolute atomic E-state index is 0.0821. The molecule has 4 rings (SSSR count). The average Bonchev–Trinajstić information content (AvgIpc) is 2.87. The van der Waals surface area contributed by atoms with E-state index >= 15 is 0 Å². The Labute approximate surface area is 217 Å². The topological polar surface area (TPSA) is 84.9 Å². The number of hydrogen-bond acceptors (Lipinski definition) is 5. The second-order valence-electron chi connectivity index (χ2n) is 9.03. The number of nitrogens with one attached hydrogen (secondary N) is 1. The molecule has 0 saturated carbocycles. The average molecular weight is 529 g/mol. The van der Waals surface area contributed by atoms with Gasteiger partial charge >= 0.3 is 0 Å². The van der Waals surface area contributed by atoms with E-state index in [0.29, 0.717) is 28.8 Å². The van der Waals surface area contributed by atoms with Crippen LogP contribution in [0.2, 0.25) is 5.02 Å². The summed E-state index contributed by atoms with van der Waals surface area (Å²) in [5.74, 6) is 0.976. The van der Waals surface area contributed by atoms with E-state index in [-0.39, 0.29) is 23.4 Å². The van der Waals surface area contributed by atoms with Crippen LogP contribution < -0.4 is 19.1 Å². The van der Waals surface area contributed by atoms with Crippen LogP contribution in [0.4, 0.5) is 5.69 Å². The number of rotatable bonds is 8. The highest BCUT2D eigenvalue weighted by Gasteiger charge is 2.38. The predicted molar refractivity (Wildman–Crippen MR) is 140 cm³/mol. The number of carbonyl (C=O) groups excluding carboxylic acids is 1. The second kappa shape index (κ2) is 10.8. The third kappa shape index (κ3) is 5.60. The summed E-state index contributed by atoms with van der Waals surface area (Å²) in [5.41, 5.74) is 1.31. The highest BCUT2D eigenvalue weighted by atomic mass is 35.5. The van der Waals surface area contributed by atoms with E-state index in [1.807, 2.05) is 24.3 Å². The maximum absolute atomic E-state index is 13.6. The van der Waals surface area contributed by atoms with Crippen molar-refractivity contribution in [1.29, 1.82) is 0 Å². The van der Waals surface area contributed by atoms with Crippen molar-refractivity contribution >= 4 is 33.2 Å². The molecule has 36 heavy (non-hydrogen) atoms. The number of methoxy groups -OCH3 is 1. The number of nitrogens with zero attached hydrogens (tertiary/aromatic N) is 1. The molecule has 0 spiro atoms. The summed E-state index contributed by atoms with van der Waals surface area (Å²) in [6.45, 7) is 4.00. The largest absolute Gasteiger partial charge is 0.497 e. The van der Waals surface area contributed by atoms with Crippen molar-refractivity contribution in [2.45, 2.75) is 37.3 Å². The molecule has 1 amide bonds. The van der Waals surface area contributed by atoms with Crippen molar-refractivity contribution in [1.82, 2.24) is 5.32 Å². The van der Waals surface area contributed by atoms with Gasteiger partial charge in [-0.15, -0.1) is 0 Å². The van der Waals surface area contributed by atoms with Gasteiger partial charge in [0.25, 0.3) is 15.9 Å². The lowest BCUT2D eigenvalue weighted by molar-refractivity contribution is -0.128. The lowest BCUT2D eigenvalue weighted by Crippen LogP contribution is -2.51. The number of fused-ring (bicyclic) bond motifs is 1. The Morgan fingerprint density at radius 1 is 1.08 bits per heavy atom. The molecule has 0 radical (unpaired) electrons. The van der Waals surface area contributed by atoms with E-state index in [4.69, 9.17) is 21.1 Å². The van der Waals surface area contributed by atoms with Gasteiger partial charge in [0.15, 0.2) is 6.10 Å². The zero-order valence-corrected chi connectivity index (χ0v) is 21.9. The molecule has 2 atom stereocenters. The fourth-order valence-electron chi connectivity index (χ4n) is 4.15. The number of benzene rings is 3. The van der Waals surface area contributed by atoms with Crippen molar-refractivity contribution in [2.24, 2.45) is 5.92 Å². The Morgan fingerprint density at radius 3 is 2.39 bits per heavy atom. The molecule has 3 aromatic carbocycles. The number of para-hydroxylation sites is 2. The van der Waals surface area contributed by atoms with Crippen molar-refractivity contribution in [2.75, 3.05) is 18.0 Å². The van der Waals surface area contributed by atoms with Crippen molar-refractivity contribution in [3.63, 3.8) is 0 Å². The molecule has 0 saturated heterocycles. The third-order valence-corrected chi connectivity index (χ3v) is 8.02. The van der Waals surface area contributed by atoms with Crippen LogP contribution in [-0.2, 0) is 14.8 Å². The molecule has 190 valence electrons. The van der Waals surface area contributed by atoms with Gasteiger partial charge in [0.1, 0.15) is 11.5 Å². The summed E-state index contributed by atoms with van der Waals surface area (Å²) < 4.78 is 39.6. The van der Waals surface area contributed by atoms with E-state index in [1.54, 1.807) is 31.4 Å². The van der Waals surface area contributed by atoms with Gasteiger partial charge in [-0.1, -0.05) is 49.7 Å². The number of halogens is 1. The summed E-state index contributed by atoms with van der Waals surface area (Å²) in [6.07, 6.45) is -0.330. The summed E-state index contributed by atoms with van der Waals surface area (Å²) in [5, 5.41) is 3.51. The van der Waals surface area contributed by atoms with Crippen LogP contribution in [0.1, 0.15) is 31.9 Å². The second-order valence-corrected chi connectivity index (χ2v) is 11.3. The number of amides is 1. The monoisotopic (exact) mass is 528 g/mol. The molecule has 0 aliphatic carbocycles. The van der Waals surface area contributed by atoms with Crippen molar-refractivity contribution in [3.05, 3.63) is 83.4 Å². The highest BCUT2D eigenvalue weighted by molar-refractivity contribution is 7.92. The fraction of sp³-hybridized carbons (Fsp3) is 0.296. The van der Waals surface area contributed by atoms with Crippen LogP contribution in [0.5, 0.6) is 11.5 Å². The van der Waals surface area contributed by atoms with E-state index in [1.165, 1.54) is 28.6 Å². The molecule has 1 aliphatic heterocycles. The summed E-state index contributed by atoms with van der Waals surface area (Å²) in [4.78, 5) is 13.5. The first-order valence-corrected chi connectivity index (χ1v) is 13.5. The van der Waals surface area contributed by atoms with E-state index in [9.17, 15) is 13.2 Å². The Kier molecular flexibility index (Phi) is 7.76. The smallest absolute Gasteiger partial charge is 0.264 e. The van der Waals surface area contributed by atoms with Gasteiger partial charge in [0.05, 0.1) is 30.3 Å². The van der Waals surface area contributed by atoms with Crippen LogP contribution in [0.15, 0.2) is 77.7 Å². The van der Waals surface area contributed by atoms with Crippen molar-refractivity contribution in [3.8, 4) is 11.5 Å². The van der Waals surface area contributed by atoms with Crippen LogP contribution in [-0.4, -0.2) is 34.1 Å². The molecule has 1 aliphatic rings. The molecule has 0 fully saturated rings. The SMILES string of the molecule is COc1ccc(C(CC(C)C)NC(=O)C2CN(S(=O)(=O)c3ccc(Cl)cc3)c3ccccc3O2)cc1. The molecule has 2 unspecified atom stereocenters. The lowest BCUT2D eigenvalue weighted by Gasteiger charge is -2.35. The number of sulfonamides is 1. The predicted octanol–water partition coefficient (Wildman–Crippen LogP) is 5.21. The number of ether oxygens (including phenoxy) is 2. The quantitative estimate of drug-likeness (QED) is 0.434. The Morgan fingerprint density at radius 2 is 1.75 bits per heavy atom. The molecule has 7 nitrogen and oxygen atoms in total. The first-order valence-electron chi connectivity index (χ1n) is 11.7. The number of carbonyl (C=O) groups is 1. The maximum atomic E-state index is 13.6. The zero-order chi connectivity index (χ0) is 25.9. The van der Waals surface area contributed by atoms with Gasteiger partial charge < -0.3 is 14.8 Å². The van der Waals surface area contributed by atoms with Gasteiger partial charge in [-0.2, -0.15) is 0 Å². The van der Waals surface area contributed by atoms with Gasteiger partial charge in [0, 0.05) is 5.02 Å². The van der Waals surface area contributed by atoms with Crippen LogP contribution in [0.3, 0.4) is 0 Å². The Bertz CT molecular complexity index is 1310. The van der Waals surface area contributed by atoms with Crippen LogP contribution >= 0.6 is 11.6 Å². The third-order valence-electron chi connectivity index (χ3n) is 5.97. The van der Waals surface area contributed by atoms with Crippen molar-refractivity contribution < 1.29 is 22.7 Å². The maximum Gasteiger partial charge on any atom is 0.264 e. The van der Waals surface area contributed by atoms with E-state index < -0.39 is 16.1 Å². The van der Waals surface area contributed by atoms with Gasteiger partial charge in [-0.3, -0.25) is 9.10 Å². The van der Waals surface area contributed by atoms with Crippen LogP contribution in [0.25, 0.3) is 0 Å². The lowest BCUT2D eigenvalue weighted by atomic mass is 9.96. The molecule has 1 N–H and O–H groups in total. The normalized spacial score (nSPS) is 16.1. The molecular formula is C27H29ClN2O5S. The summed E-state index contributed by atoms with van der Waals surface area (Å²) in [6, 6.07) is 20.0. The van der Waals surface area contributed by atoms with Crippen LogP contribution in [0, 0.1) is 5.92 Å². The molecule has 0 aromatic heterocycles. The highest BCUT2D eigenvalue weighted by Crippen LogP contribution is 2.37. The summed E-state index contributed by atoms with van der Waals surface area (Å²) in [7, 11) is -2.36. The number of anilines is 1. The summed E-state index contributed by atoms with van der Waals surface area (Å²) >= 11 is 5.96.